The first-order valence-electron chi connectivity index (χ1n) is 8.59. The third-order valence-electron chi connectivity index (χ3n) is 4.33. The number of aromatic nitrogens is 1. The fourth-order valence-corrected chi connectivity index (χ4v) is 3.79. The number of rotatable bonds is 4. The van der Waals surface area contributed by atoms with Crippen molar-refractivity contribution < 1.29 is 9.59 Å². The first-order valence-corrected chi connectivity index (χ1v) is 9.84. The van der Waals surface area contributed by atoms with Crippen LogP contribution in [0.3, 0.4) is 0 Å². The van der Waals surface area contributed by atoms with Gasteiger partial charge in [-0.1, -0.05) is 11.6 Å². The summed E-state index contributed by atoms with van der Waals surface area (Å²) in [5.41, 5.74) is 1.32. The summed E-state index contributed by atoms with van der Waals surface area (Å²) in [6.07, 6.45) is 3.56. The first-order chi connectivity index (χ1) is 12.5. The average Bonchev–Trinajstić information content (AvgIpc) is 3.04. The predicted octanol–water partition coefficient (Wildman–Crippen LogP) is 4.38. The SMILES string of the molecule is CC1CCCCN1C(=O)Cc1csc(NC(=O)Nc2ccc(Cl)cc2)n1. The topological polar surface area (TPSA) is 74.3 Å². The van der Waals surface area contributed by atoms with E-state index >= 15 is 0 Å². The molecule has 1 aliphatic rings. The van der Waals surface area contributed by atoms with E-state index in [0.29, 0.717) is 21.5 Å². The van der Waals surface area contributed by atoms with Crippen LogP contribution in [0.5, 0.6) is 0 Å². The quantitative estimate of drug-likeness (QED) is 0.810. The zero-order valence-corrected chi connectivity index (χ0v) is 16.1. The summed E-state index contributed by atoms with van der Waals surface area (Å²) in [5.74, 6) is 0.0969. The van der Waals surface area contributed by atoms with Crippen LogP contribution < -0.4 is 10.6 Å². The maximum absolute atomic E-state index is 12.5. The zero-order valence-electron chi connectivity index (χ0n) is 14.5. The molecular weight excluding hydrogens is 372 g/mol. The van der Waals surface area contributed by atoms with Crippen molar-refractivity contribution in [1.82, 2.24) is 9.88 Å². The van der Waals surface area contributed by atoms with Gasteiger partial charge in [0.05, 0.1) is 12.1 Å². The van der Waals surface area contributed by atoms with Crippen molar-refractivity contribution in [3.8, 4) is 0 Å². The highest BCUT2D eigenvalue weighted by Crippen LogP contribution is 2.20. The molecule has 2 aromatic rings. The third-order valence-corrected chi connectivity index (χ3v) is 5.39. The number of amides is 3. The fraction of sp³-hybridized carbons (Fsp3) is 0.389. The second-order valence-electron chi connectivity index (χ2n) is 6.34. The van der Waals surface area contributed by atoms with Gasteiger partial charge >= 0.3 is 6.03 Å². The van der Waals surface area contributed by atoms with Crippen molar-refractivity contribution in [2.45, 2.75) is 38.6 Å². The molecule has 1 fully saturated rings. The van der Waals surface area contributed by atoms with Crippen molar-refractivity contribution >= 4 is 45.7 Å². The van der Waals surface area contributed by atoms with Crippen LogP contribution >= 0.6 is 22.9 Å². The standard InChI is InChI=1S/C18H21ClN4O2S/c1-12-4-2-3-9-23(12)16(24)10-15-11-26-18(21-15)22-17(25)20-14-7-5-13(19)6-8-14/h5-8,11-12H,2-4,9-10H2,1H3,(H2,20,21,22,25). The molecule has 138 valence electrons. The Bertz CT molecular complexity index is 778. The van der Waals surface area contributed by atoms with Gasteiger partial charge in [-0.15, -0.1) is 11.3 Å². The van der Waals surface area contributed by atoms with Crippen molar-refractivity contribution in [2.24, 2.45) is 0 Å². The van der Waals surface area contributed by atoms with Gasteiger partial charge in [-0.05, 0) is 50.5 Å². The van der Waals surface area contributed by atoms with Crippen LogP contribution in [-0.2, 0) is 11.2 Å². The monoisotopic (exact) mass is 392 g/mol. The van der Waals surface area contributed by atoms with Crippen molar-refractivity contribution in [1.29, 1.82) is 0 Å². The number of urea groups is 1. The van der Waals surface area contributed by atoms with E-state index in [2.05, 4.69) is 22.5 Å². The largest absolute Gasteiger partial charge is 0.340 e. The molecule has 0 spiro atoms. The molecular formula is C18H21ClN4O2S. The summed E-state index contributed by atoms with van der Waals surface area (Å²) in [4.78, 5) is 30.8. The molecule has 1 atom stereocenters. The van der Waals surface area contributed by atoms with Crippen LogP contribution in [0.4, 0.5) is 15.6 Å². The smallest absolute Gasteiger partial charge is 0.325 e. The molecule has 3 amide bonds. The number of benzene rings is 1. The molecule has 1 aromatic carbocycles. The summed E-state index contributed by atoms with van der Waals surface area (Å²) >= 11 is 7.13. The number of hydrogen-bond acceptors (Lipinski definition) is 4. The lowest BCUT2D eigenvalue weighted by molar-refractivity contribution is -0.133. The van der Waals surface area contributed by atoms with Gasteiger partial charge in [-0.3, -0.25) is 10.1 Å². The molecule has 1 aromatic heterocycles. The van der Waals surface area contributed by atoms with E-state index in [1.165, 1.54) is 17.8 Å². The van der Waals surface area contributed by atoms with Gasteiger partial charge in [0.25, 0.3) is 0 Å². The van der Waals surface area contributed by atoms with E-state index in [4.69, 9.17) is 11.6 Å². The highest BCUT2D eigenvalue weighted by Gasteiger charge is 2.23. The Morgan fingerprint density at radius 2 is 2.04 bits per heavy atom. The van der Waals surface area contributed by atoms with Gasteiger partial charge in [0.15, 0.2) is 5.13 Å². The highest BCUT2D eigenvalue weighted by molar-refractivity contribution is 7.14. The molecule has 1 saturated heterocycles. The summed E-state index contributed by atoms with van der Waals surface area (Å²) in [6.45, 7) is 2.91. The van der Waals surface area contributed by atoms with E-state index < -0.39 is 0 Å². The number of halogens is 1. The van der Waals surface area contributed by atoms with Crippen LogP contribution in [0.15, 0.2) is 29.6 Å². The van der Waals surface area contributed by atoms with Gasteiger partial charge < -0.3 is 10.2 Å². The second-order valence-corrected chi connectivity index (χ2v) is 7.63. The molecule has 2 N–H and O–H groups in total. The van der Waals surface area contributed by atoms with Crippen LogP contribution in [0, 0.1) is 0 Å². The van der Waals surface area contributed by atoms with Gasteiger partial charge in [0.2, 0.25) is 5.91 Å². The lowest BCUT2D eigenvalue weighted by Gasteiger charge is -2.33. The maximum Gasteiger partial charge on any atom is 0.325 e. The summed E-state index contributed by atoms with van der Waals surface area (Å²) < 4.78 is 0. The van der Waals surface area contributed by atoms with Gasteiger partial charge in [0.1, 0.15) is 0 Å². The number of anilines is 2. The third kappa shape index (κ3) is 4.95. The average molecular weight is 393 g/mol. The van der Waals surface area contributed by atoms with E-state index in [0.717, 1.165) is 19.4 Å². The van der Waals surface area contributed by atoms with E-state index in [1.54, 1.807) is 24.3 Å². The van der Waals surface area contributed by atoms with Crippen molar-refractivity contribution in [3.05, 3.63) is 40.4 Å². The van der Waals surface area contributed by atoms with E-state index in [1.807, 2.05) is 10.3 Å². The molecule has 8 heteroatoms. The molecule has 0 bridgehead atoms. The number of hydrogen-bond donors (Lipinski definition) is 2. The summed E-state index contributed by atoms with van der Waals surface area (Å²) in [5, 5.41) is 8.27. The number of thiazole rings is 1. The Labute approximate surface area is 161 Å². The number of nitrogens with zero attached hydrogens (tertiary/aromatic N) is 2. The molecule has 0 saturated carbocycles. The van der Waals surface area contributed by atoms with Crippen LogP contribution in [-0.4, -0.2) is 34.4 Å². The van der Waals surface area contributed by atoms with E-state index in [-0.39, 0.29) is 24.4 Å². The molecule has 3 rings (SSSR count). The Kier molecular flexibility index (Phi) is 6.11. The molecule has 6 nitrogen and oxygen atoms in total. The first kappa shape index (κ1) is 18.7. The van der Waals surface area contributed by atoms with Crippen LogP contribution in [0.2, 0.25) is 5.02 Å². The molecule has 26 heavy (non-hydrogen) atoms. The fourth-order valence-electron chi connectivity index (χ4n) is 2.96. The minimum Gasteiger partial charge on any atom is -0.340 e. The minimum absolute atomic E-state index is 0.0969. The summed E-state index contributed by atoms with van der Waals surface area (Å²) in [6, 6.07) is 6.74. The number of nitrogens with one attached hydrogen (secondary N) is 2. The number of likely N-dealkylation sites (tertiary alicyclic amines) is 1. The Balaban J connectivity index is 1.53. The Morgan fingerprint density at radius 1 is 1.27 bits per heavy atom. The van der Waals surface area contributed by atoms with Crippen LogP contribution in [0.1, 0.15) is 31.9 Å². The lowest BCUT2D eigenvalue weighted by Crippen LogP contribution is -2.42. The molecule has 2 heterocycles. The highest BCUT2D eigenvalue weighted by atomic mass is 35.5. The lowest BCUT2D eigenvalue weighted by atomic mass is 10.0. The van der Waals surface area contributed by atoms with Crippen molar-refractivity contribution in [3.63, 3.8) is 0 Å². The maximum atomic E-state index is 12.5. The molecule has 1 unspecified atom stereocenters. The minimum atomic E-state index is -0.385. The van der Waals surface area contributed by atoms with E-state index in [9.17, 15) is 9.59 Å². The Morgan fingerprint density at radius 3 is 2.77 bits per heavy atom. The molecule has 1 aliphatic heterocycles. The number of carbonyl (C=O) groups is 2. The van der Waals surface area contributed by atoms with Gasteiger partial charge in [-0.25, -0.2) is 9.78 Å². The van der Waals surface area contributed by atoms with Crippen molar-refractivity contribution in [2.75, 3.05) is 17.2 Å². The van der Waals surface area contributed by atoms with Crippen LogP contribution in [0.25, 0.3) is 0 Å². The molecule has 0 aliphatic carbocycles. The predicted molar refractivity (Wildman–Crippen MR) is 105 cm³/mol. The molecule has 0 radical (unpaired) electrons. The Hall–Kier alpha value is -2.12. The zero-order chi connectivity index (χ0) is 18.5. The number of carbonyl (C=O) groups excluding carboxylic acids is 2. The summed E-state index contributed by atoms with van der Waals surface area (Å²) in [7, 11) is 0. The normalized spacial score (nSPS) is 17.0. The van der Waals surface area contributed by atoms with Gasteiger partial charge in [0, 0.05) is 28.7 Å². The number of piperidine rings is 1. The van der Waals surface area contributed by atoms with Gasteiger partial charge in [-0.2, -0.15) is 0 Å². The second kappa shape index (κ2) is 8.51.